The highest BCUT2D eigenvalue weighted by Crippen LogP contribution is 2.30. The van der Waals surface area contributed by atoms with Crippen LogP contribution in [0.15, 0.2) is 60.3 Å². The van der Waals surface area contributed by atoms with Crippen LogP contribution in [0.2, 0.25) is 5.02 Å². The number of nitrogens with one attached hydrogen (secondary N) is 1. The van der Waals surface area contributed by atoms with Gasteiger partial charge in [0.2, 0.25) is 0 Å². The first-order valence-electron chi connectivity index (χ1n) is 12.8. The predicted molar refractivity (Wildman–Crippen MR) is 157 cm³/mol. The summed E-state index contributed by atoms with van der Waals surface area (Å²) >= 11 is 11.5. The van der Waals surface area contributed by atoms with Crippen LogP contribution in [0.25, 0.3) is 6.08 Å². The van der Waals surface area contributed by atoms with Gasteiger partial charge in [-0.15, -0.1) is 0 Å². The van der Waals surface area contributed by atoms with E-state index in [9.17, 15) is 9.18 Å². The molecule has 3 aromatic carbocycles. The summed E-state index contributed by atoms with van der Waals surface area (Å²) in [6.07, 6.45) is 2.32. The number of benzene rings is 3. The van der Waals surface area contributed by atoms with Gasteiger partial charge in [0.25, 0.3) is 5.91 Å². The minimum Gasteiger partial charge on any atom is -0.496 e. The number of ether oxygens (including phenoxy) is 4. The topological polar surface area (TPSA) is 69.3 Å². The van der Waals surface area contributed by atoms with Crippen molar-refractivity contribution in [2.45, 2.75) is 26.9 Å². The van der Waals surface area contributed by atoms with Gasteiger partial charge in [-0.2, -0.15) is 0 Å². The molecule has 0 aromatic heterocycles. The van der Waals surface area contributed by atoms with Gasteiger partial charge in [0.05, 0.1) is 25.3 Å². The Bertz CT molecular complexity index is 1430. The highest BCUT2D eigenvalue weighted by Gasteiger charge is 2.30. The van der Waals surface area contributed by atoms with Crippen molar-refractivity contribution < 1.29 is 28.1 Å². The maximum atomic E-state index is 13.4. The van der Waals surface area contributed by atoms with Gasteiger partial charge in [0.15, 0.2) is 16.6 Å². The summed E-state index contributed by atoms with van der Waals surface area (Å²) in [5.41, 5.74) is 2.84. The Kier molecular flexibility index (Phi) is 9.84. The molecule has 7 nitrogen and oxygen atoms in total. The average Bonchev–Trinajstić information content (AvgIpc) is 3.20. The number of thiocarbonyl (C=S) groups is 1. The quantitative estimate of drug-likeness (QED) is 0.202. The molecule has 10 heteroatoms. The summed E-state index contributed by atoms with van der Waals surface area (Å²) in [6.45, 7) is 5.44. The van der Waals surface area contributed by atoms with Crippen molar-refractivity contribution >= 4 is 40.9 Å². The lowest BCUT2D eigenvalue weighted by atomic mass is 10.1. The third-order valence-electron chi connectivity index (χ3n) is 6.09. The van der Waals surface area contributed by atoms with Crippen molar-refractivity contribution in [1.29, 1.82) is 0 Å². The van der Waals surface area contributed by atoms with Gasteiger partial charge in [-0.1, -0.05) is 23.7 Å². The molecule has 1 aliphatic heterocycles. The Labute approximate surface area is 243 Å². The normalized spacial score (nSPS) is 13.9. The molecule has 1 saturated heterocycles. The summed E-state index contributed by atoms with van der Waals surface area (Å²) in [7, 11) is 1.56. The third kappa shape index (κ3) is 7.03. The third-order valence-corrected chi connectivity index (χ3v) is 6.70. The number of carbonyl (C=O) groups is 1. The number of methoxy groups -OCH3 is 1. The minimum absolute atomic E-state index is 0.128. The van der Waals surface area contributed by atoms with E-state index in [1.165, 1.54) is 18.2 Å². The van der Waals surface area contributed by atoms with E-state index in [1.54, 1.807) is 24.2 Å². The van der Waals surface area contributed by atoms with Gasteiger partial charge in [-0.3, -0.25) is 9.69 Å². The Hall–Kier alpha value is -3.82. The lowest BCUT2D eigenvalue weighted by Crippen LogP contribution is -2.32. The number of nitrogens with zero attached hydrogens (tertiary/aromatic N) is 1. The van der Waals surface area contributed by atoms with Crippen LogP contribution in [0.1, 0.15) is 30.5 Å². The van der Waals surface area contributed by atoms with Gasteiger partial charge < -0.3 is 24.3 Å². The van der Waals surface area contributed by atoms with Crippen LogP contribution in [0.5, 0.6) is 23.0 Å². The van der Waals surface area contributed by atoms with E-state index in [4.69, 9.17) is 42.8 Å². The molecule has 1 heterocycles. The van der Waals surface area contributed by atoms with Crippen LogP contribution >= 0.6 is 23.8 Å². The zero-order valence-corrected chi connectivity index (χ0v) is 24.0. The van der Waals surface area contributed by atoms with Crippen molar-refractivity contribution in [3.63, 3.8) is 0 Å². The van der Waals surface area contributed by atoms with E-state index < -0.39 is 5.82 Å². The number of amides is 1. The second-order valence-electron chi connectivity index (χ2n) is 8.78. The zero-order valence-electron chi connectivity index (χ0n) is 22.5. The first-order chi connectivity index (χ1) is 19.3. The van der Waals surface area contributed by atoms with Crippen LogP contribution < -0.4 is 24.3 Å². The van der Waals surface area contributed by atoms with Crippen molar-refractivity contribution in [3.8, 4) is 23.0 Å². The lowest BCUT2D eigenvalue weighted by molar-refractivity contribution is -0.122. The largest absolute Gasteiger partial charge is 0.496 e. The van der Waals surface area contributed by atoms with E-state index in [2.05, 4.69) is 5.32 Å². The van der Waals surface area contributed by atoms with Gasteiger partial charge in [-0.05, 0) is 92.2 Å². The number of hydrogen-bond acceptors (Lipinski definition) is 6. The summed E-state index contributed by atoms with van der Waals surface area (Å²) in [6, 6.07) is 15.2. The Morgan fingerprint density at radius 2 is 1.68 bits per heavy atom. The van der Waals surface area contributed by atoms with Crippen LogP contribution in [-0.2, 0) is 17.8 Å². The molecular weight excluding hydrogens is 555 g/mol. The first-order valence-corrected chi connectivity index (χ1v) is 13.6. The smallest absolute Gasteiger partial charge is 0.276 e. The van der Waals surface area contributed by atoms with Crippen LogP contribution in [-0.4, -0.2) is 42.8 Å². The minimum atomic E-state index is -0.445. The van der Waals surface area contributed by atoms with Gasteiger partial charge >= 0.3 is 0 Å². The molecular formula is C30H30ClFN2O5S. The SMILES string of the molecule is CCOc1ccc(CCN2C(=O)/C(=C\c3ccc(OC)c(COc4ccc(F)cc4Cl)c3)NC2=S)cc1OCC. The van der Waals surface area contributed by atoms with Gasteiger partial charge in [0.1, 0.15) is 29.6 Å². The zero-order chi connectivity index (χ0) is 28.6. The van der Waals surface area contributed by atoms with E-state index in [0.29, 0.717) is 60.0 Å². The van der Waals surface area contributed by atoms with Crippen molar-refractivity contribution in [2.75, 3.05) is 26.9 Å². The van der Waals surface area contributed by atoms with E-state index in [1.807, 2.05) is 44.2 Å². The fourth-order valence-electron chi connectivity index (χ4n) is 4.18. The summed E-state index contributed by atoms with van der Waals surface area (Å²) in [4.78, 5) is 14.7. The summed E-state index contributed by atoms with van der Waals surface area (Å²) < 4.78 is 36.0. The molecule has 0 aliphatic carbocycles. The van der Waals surface area contributed by atoms with Crippen LogP contribution in [0.4, 0.5) is 4.39 Å². The maximum Gasteiger partial charge on any atom is 0.276 e. The molecule has 0 unspecified atom stereocenters. The standard InChI is InChI=1S/C30H30ClFN2O5S/c1-4-37-27-10-6-19(16-28(27)38-5-2)12-13-34-29(35)24(33-30(34)40)15-20-7-9-25(36-3)21(14-20)18-39-26-11-8-22(32)17-23(26)31/h6-11,14-17H,4-5,12-13,18H2,1-3H3,(H,33,40)/b24-15+. The highest BCUT2D eigenvalue weighted by atomic mass is 35.5. The molecule has 0 saturated carbocycles. The first kappa shape index (κ1) is 29.2. The average molecular weight is 585 g/mol. The molecule has 0 spiro atoms. The number of halogens is 2. The molecule has 1 N–H and O–H groups in total. The molecule has 3 aromatic rings. The van der Waals surface area contributed by atoms with Crippen molar-refractivity contribution in [3.05, 3.63) is 87.8 Å². The molecule has 1 amide bonds. The summed E-state index contributed by atoms with van der Waals surface area (Å²) in [5, 5.41) is 3.54. The second-order valence-corrected chi connectivity index (χ2v) is 9.57. The Morgan fingerprint density at radius 3 is 2.40 bits per heavy atom. The van der Waals surface area contributed by atoms with Crippen molar-refractivity contribution in [1.82, 2.24) is 10.2 Å². The molecule has 0 bridgehead atoms. The van der Waals surface area contributed by atoms with Crippen LogP contribution in [0.3, 0.4) is 0 Å². The predicted octanol–water partition coefficient (Wildman–Crippen LogP) is 6.16. The van der Waals surface area contributed by atoms with E-state index in [0.717, 1.165) is 16.7 Å². The van der Waals surface area contributed by atoms with E-state index in [-0.39, 0.29) is 17.5 Å². The second kappa shape index (κ2) is 13.5. The number of hydrogen-bond donors (Lipinski definition) is 1. The fraction of sp³-hybridized carbons (Fsp3) is 0.267. The summed E-state index contributed by atoms with van der Waals surface area (Å²) in [5.74, 6) is 1.66. The fourth-order valence-corrected chi connectivity index (χ4v) is 4.69. The molecule has 0 atom stereocenters. The molecule has 0 radical (unpaired) electrons. The highest BCUT2D eigenvalue weighted by molar-refractivity contribution is 7.80. The van der Waals surface area contributed by atoms with Crippen molar-refractivity contribution in [2.24, 2.45) is 0 Å². The Balaban J connectivity index is 1.45. The van der Waals surface area contributed by atoms with Gasteiger partial charge in [-0.25, -0.2) is 4.39 Å². The molecule has 210 valence electrons. The monoisotopic (exact) mass is 584 g/mol. The maximum absolute atomic E-state index is 13.4. The number of rotatable bonds is 12. The lowest BCUT2D eigenvalue weighted by Gasteiger charge is -2.16. The van der Waals surface area contributed by atoms with Crippen LogP contribution in [0, 0.1) is 5.82 Å². The van der Waals surface area contributed by atoms with Gasteiger partial charge in [0, 0.05) is 12.1 Å². The molecule has 4 rings (SSSR count). The number of carbonyl (C=O) groups excluding carboxylic acids is 1. The molecule has 40 heavy (non-hydrogen) atoms. The Morgan fingerprint density at radius 1 is 0.950 bits per heavy atom. The molecule has 1 fully saturated rings. The van der Waals surface area contributed by atoms with E-state index >= 15 is 0 Å². The molecule has 1 aliphatic rings.